The predicted molar refractivity (Wildman–Crippen MR) is 95.5 cm³/mol. The van der Waals surface area contributed by atoms with E-state index in [1.54, 1.807) is 0 Å². The number of ketones is 1. The minimum atomic E-state index is -0.742. The fourth-order valence-electron chi connectivity index (χ4n) is 1.92. The van der Waals surface area contributed by atoms with E-state index in [1.165, 1.54) is 26.0 Å². The van der Waals surface area contributed by atoms with Crippen molar-refractivity contribution in [3.05, 3.63) is 56.7 Å². The smallest absolute Gasteiger partial charge is 0.277 e. The number of H-pyrrole nitrogens is 1. The van der Waals surface area contributed by atoms with E-state index in [0.717, 1.165) is 23.9 Å². The zero-order valence-electron chi connectivity index (χ0n) is 13.8. The molecule has 10 heteroatoms. The molecule has 8 nitrogen and oxygen atoms in total. The summed E-state index contributed by atoms with van der Waals surface area (Å²) >= 11 is 0.738. The summed E-state index contributed by atoms with van der Waals surface area (Å²) in [5.41, 5.74) is 4.82. The van der Waals surface area contributed by atoms with E-state index in [4.69, 9.17) is 5.73 Å². The summed E-state index contributed by atoms with van der Waals surface area (Å²) in [7, 11) is 0. The highest BCUT2D eigenvalue weighted by Crippen LogP contribution is 2.27. The van der Waals surface area contributed by atoms with Crippen molar-refractivity contribution in [1.29, 1.82) is 0 Å². The number of halogens is 1. The molecule has 0 atom stereocenters. The van der Waals surface area contributed by atoms with Crippen LogP contribution in [0.4, 0.5) is 15.9 Å². The summed E-state index contributed by atoms with van der Waals surface area (Å²) in [6.07, 6.45) is 0. The number of nitrogen functional groups attached to an aromatic ring is 1. The number of rotatable bonds is 5. The molecule has 0 saturated heterocycles. The highest BCUT2D eigenvalue weighted by Gasteiger charge is 2.17. The van der Waals surface area contributed by atoms with Crippen LogP contribution >= 0.6 is 11.8 Å². The Labute approximate surface area is 151 Å². The van der Waals surface area contributed by atoms with Crippen LogP contribution in [-0.2, 0) is 4.79 Å². The summed E-state index contributed by atoms with van der Waals surface area (Å²) in [5.74, 6) is -2.08. The van der Waals surface area contributed by atoms with Gasteiger partial charge in [-0.3, -0.25) is 19.4 Å². The molecular weight excluding hydrogens is 363 g/mol. The number of hydrogen-bond acceptors (Lipinski definition) is 7. The fraction of sp³-hybridized carbons (Fsp3) is 0.125. The molecule has 26 heavy (non-hydrogen) atoms. The van der Waals surface area contributed by atoms with Crippen molar-refractivity contribution in [1.82, 2.24) is 9.97 Å². The number of nitrogens with two attached hydrogens (primary N) is 1. The van der Waals surface area contributed by atoms with E-state index >= 15 is 0 Å². The third-order valence-corrected chi connectivity index (χ3v) is 4.29. The molecule has 2 rings (SSSR count). The predicted octanol–water partition coefficient (Wildman–Crippen LogP) is 2.21. The standard InChI is InChI=1S/C16H15FN4O4S/c1-7(22)12(8(2)23)26-16-20-13(18)11(15(25)21-16)19-14(24)9-3-5-10(17)6-4-9/h3-6,22H,1-2H3,(H,19,24)(H3,18,20,21,25)/b12-7-. The number of aromatic amines is 1. The molecule has 0 bridgehead atoms. The molecule has 5 N–H and O–H groups in total. The first-order chi connectivity index (χ1) is 12.2. The summed E-state index contributed by atoms with van der Waals surface area (Å²) < 4.78 is 12.9. The lowest BCUT2D eigenvalue weighted by Gasteiger charge is -2.09. The van der Waals surface area contributed by atoms with Gasteiger partial charge in [0.15, 0.2) is 16.8 Å². The molecule has 1 aromatic heterocycles. The molecule has 1 amide bonds. The van der Waals surface area contributed by atoms with Crippen LogP contribution in [-0.4, -0.2) is 26.8 Å². The maximum Gasteiger partial charge on any atom is 0.277 e. The van der Waals surface area contributed by atoms with Crippen LogP contribution in [0, 0.1) is 5.82 Å². The average Bonchev–Trinajstić information content (AvgIpc) is 2.55. The van der Waals surface area contributed by atoms with Gasteiger partial charge in [-0.25, -0.2) is 9.37 Å². The highest BCUT2D eigenvalue weighted by molar-refractivity contribution is 8.03. The number of aliphatic hydroxyl groups excluding tert-OH is 1. The van der Waals surface area contributed by atoms with Crippen molar-refractivity contribution in [2.45, 2.75) is 19.0 Å². The third-order valence-electron chi connectivity index (χ3n) is 3.12. The SMILES string of the molecule is CC(=O)/C(Sc1nc(N)c(NC(=O)c2ccc(F)cc2)c(=O)[nH]1)=C(\C)O. The minimum Gasteiger partial charge on any atom is -0.511 e. The lowest BCUT2D eigenvalue weighted by molar-refractivity contribution is -0.113. The second-order valence-corrected chi connectivity index (χ2v) is 6.16. The minimum absolute atomic E-state index is 0.00403. The fourth-order valence-corrected chi connectivity index (χ4v) is 2.69. The number of allylic oxidation sites excluding steroid dienone is 2. The number of hydrogen-bond donors (Lipinski definition) is 4. The van der Waals surface area contributed by atoms with Crippen LogP contribution in [0.15, 0.2) is 44.9 Å². The molecule has 0 radical (unpaired) electrons. The molecule has 0 spiro atoms. The van der Waals surface area contributed by atoms with Crippen molar-refractivity contribution >= 4 is 35.0 Å². The Bertz CT molecular complexity index is 950. The Balaban J connectivity index is 2.28. The van der Waals surface area contributed by atoms with E-state index in [1.807, 2.05) is 0 Å². The van der Waals surface area contributed by atoms with Gasteiger partial charge < -0.3 is 16.2 Å². The maximum absolute atomic E-state index is 12.9. The van der Waals surface area contributed by atoms with Crippen molar-refractivity contribution < 1.29 is 19.1 Å². The number of anilines is 2. The lowest BCUT2D eigenvalue weighted by Crippen LogP contribution is -2.23. The third kappa shape index (κ3) is 4.48. The number of nitrogens with one attached hydrogen (secondary N) is 2. The normalized spacial score (nSPS) is 11.7. The first-order valence-corrected chi connectivity index (χ1v) is 8.06. The van der Waals surface area contributed by atoms with Crippen molar-refractivity contribution in [3.63, 3.8) is 0 Å². The van der Waals surface area contributed by atoms with Crippen LogP contribution in [0.1, 0.15) is 24.2 Å². The number of aliphatic hydroxyl groups is 1. The molecule has 0 fully saturated rings. The van der Waals surface area contributed by atoms with Crippen LogP contribution in [0.25, 0.3) is 0 Å². The molecule has 2 aromatic rings. The lowest BCUT2D eigenvalue weighted by atomic mass is 10.2. The average molecular weight is 378 g/mol. The highest BCUT2D eigenvalue weighted by atomic mass is 32.2. The van der Waals surface area contributed by atoms with Gasteiger partial charge in [-0.15, -0.1) is 0 Å². The molecule has 0 aliphatic heterocycles. The summed E-state index contributed by atoms with van der Waals surface area (Å²) in [6, 6.07) is 4.71. The molecule has 0 aliphatic carbocycles. The van der Waals surface area contributed by atoms with E-state index in [2.05, 4.69) is 15.3 Å². The number of amides is 1. The molecular formula is C16H15FN4O4S. The molecule has 1 aromatic carbocycles. The first-order valence-electron chi connectivity index (χ1n) is 7.24. The first kappa shape index (κ1) is 19.2. The second kappa shape index (κ2) is 7.83. The van der Waals surface area contributed by atoms with Crippen LogP contribution in [0.2, 0.25) is 0 Å². The Hall–Kier alpha value is -3.14. The van der Waals surface area contributed by atoms with Gasteiger partial charge in [0.25, 0.3) is 11.5 Å². The summed E-state index contributed by atoms with van der Waals surface area (Å²) in [5, 5.41) is 11.8. The number of carbonyl (C=O) groups is 2. The van der Waals surface area contributed by atoms with Gasteiger partial charge in [-0.2, -0.15) is 0 Å². The number of Topliss-reactive ketones (excluding diaryl/α,β-unsaturated/α-hetero) is 1. The number of carbonyl (C=O) groups excluding carboxylic acids is 2. The zero-order valence-corrected chi connectivity index (χ0v) is 14.6. The van der Waals surface area contributed by atoms with Crippen LogP contribution < -0.4 is 16.6 Å². The van der Waals surface area contributed by atoms with Gasteiger partial charge >= 0.3 is 0 Å². The van der Waals surface area contributed by atoms with E-state index in [-0.39, 0.29) is 32.9 Å². The maximum atomic E-state index is 12.9. The Morgan fingerprint density at radius 3 is 2.38 bits per heavy atom. The van der Waals surface area contributed by atoms with Gasteiger partial charge in [-0.05, 0) is 49.9 Å². The Morgan fingerprint density at radius 1 is 1.27 bits per heavy atom. The second-order valence-electron chi connectivity index (χ2n) is 5.17. The largest absolute Gasteiger partial charge is 0.511 e. The van der Waals surface area contributed by atoms with Gasteiger partial charge in [0.2, 0.25) is 0 Å². The number of thioether (sulfide) groups is 1. The summed E-state index contributed by atoms with van der Waals surface area (Å²) in [6.45, 7) is 2.57. The summed E-state index contributed by atoms with van der Waals surface area (Å²) in [4.78, 5) is 42.0. The van der Waals surface area contributed by atoms with Crippen LogP contribution in [0.3, 0.4) is 0 Å². The van der Waals surface area contributed by atoms with Gasteiger partial charge in [0.1, 0.15) is 17.3 Å². The topological polar surface area (TPSA) is 138 Å². The Kier molecular flexibility index (Phi) is 5.78. The van der Waals surface area contributed by atoms with Crippen molar-refractivity contribution in [2.75, 3.05) is 11.1 Å². The Morgan fingerprint density at radius 2 is 1.88 bits per heavy atom. The van der Waals surface area contributed by atoms with Gasteiger partial charge in [-0.1, -0.05) is 0 Å². The monoisotopic (exact) mass is 378 g/mol. The molecule has 0 saturated carbocycles. The van der Waals surface area contributed by atoms with Crippen molar-refractivity contribution in [2.24, 2.45) is 0 Å². The van der Waals surface area contributed by atoms with Gasteiger partial charge in [0, 0.05) is 5.56 Å². The number of benzene rings is 1. The number of nitrogens with zero attached hydrogens (tertiary/aromatic N) is 1. The van der Waals surface area contributed by atoms with Crippen molar-refractivity contribution in [3.8, 4) is 0 Å². The number of aromatic nitrogens is 2. The van der Waals surface area contributed by atoms with Gasteiger partial charge in [0.05, 0.1) is 4.91 Å². The quantitative estimate of drug-likeness (QED) is 0.271. The molecule has 0 unspecified atom stereocenters. The molecule has 1 heterocycles. The molecule has 0 aliphatic rings. The van der Waals surface area contributed by atoms with Crippen LogP contribution in [0.5, 0.6) is 0 Å². The molecule has 136 valence electrons. The zero-order chi connectivity index (χ0) is 19.4. The van der Waals surface area contributed by atoms with E-state index < -0.39 is 23.1 Å². The van der Waals surface area contributed by atoms with E-state index in [9.17, 15) is 23.9 Å². The van der Waals surface area contributed by atoms with E-state index in [0.29, 0.717) is 0 Å².